The van der Waals surface area contributed by atoms with Crippen molar-refractivity contribution in [1.29, 1.82) is 0 Å². The Morgan fingerprint density at radius 2 is 2.18 bits per heavy atom. The highest BCUT2D eigenvalue weighted by atomic mass is 32.2. The summed E-state index contributed by atoms with van der Waals surface area (Å²) in [7, 11) is -1.38. The second kappa shape index (κ2) is 7.53. The van der Waals surface area contributed by atoms with Gasteiger partial charge in [0.25, 0.3) is 0 Å². The van der Waals surface area contributed by atoms with Gasteiger partial charge in [0.05, 0.1) is 15.7 Å². The summed E-state index contributed by atoms with van der Waals surface area (Å²) < 4.78 is 25.4. The van der Waals surface area contributed by atoms with Crippen molar-refractivity contribution >= 4 is 10.8 Å². The summed E-state index contributed by atoms with van der Waals surface area (Å²) in [4.78, 5) is 0.230. The van der Waals surface area contributed by atoms with Gasteiger partial charge in [0, 0.05) is 18.4 Å². The first-order valence-corrected chi connectivity index (χ1v) is 6.98. The van der Waals surface area contributed by atoms with E-state index in [0.29, 0.717) is 12.2 Å². The second-order valence-corrected chi connectivity index (χ2v) is 5.17. The van der Waals surface area contributed by atoms with Crippen LogP contribution in [0.1, 0.15) is 13.3 Å². The van der Waals surface area contributed by atoms with Crippen LogP contribution in [0.3, 0.4) is 0 Å². The van der Waals surface area contributed by atoms with Crippen LogP contribution in [0.15, 0.2) is 29.2 Å². The molecule has 3 nitrogen and oxygen atoms in total. The Labute approximate surface area is 104 Å². The van der Waals surface area contributed by atoms with Crippen molar-refractivity contribution in [2.24, 2.45) is 0 Å². The zero-order valence-corrected chi connectivity index (χ0v) is 10.7. The minimum absolute atomic E-state index is 0.0339. The summed E-state index contributed by atoms with van der Waals surface area (Å²) in [5.74, 6) is -0.125. The third-order valence-electron chi connectivity index (χ3n) is 2.40. The average Bonchev–Trinajstić information content (AvgIpc) is 2.30. The van der Waals surface area contributed by atoms with Gasteiger partial charge in [-0.3, -0.25) is 4.21 Å². The van der Waals surface area contributed by atoms with E-state index in [0.717, 1.165) is 6.54 Å². The monoisotopic (exact) mass is 259 g/mol. The molecule has 17 heavy (non-hydrogen) atoms. The maximum absolute atomic E-state index is 13.4. The van der Waals surface area contributed by atoms with Gasteiger partial charge in [-0.15, -0.1) is 0 Å². The third-order valence-corrected chi connectivity index (χ3v) is 3.93. The van der Waals surface area contributed by atoms with E-state index in [1.807, 2.05) is 6.92 Å². The molecule has 5 heteroatoms. The molecule has 2 N–H and O–H groups in total. The Morgan fingerprint density at radius 1 is 1.47 bits per heavy atom. The van der Waals surface area contributed by atoms with Crippen molar-refractivity contribution in [2.75, 3.05) is 18.9 Å². The summed E-state index contributed by atoms with van der Waals surface area (Å²) in [6.07, 6.45) is 0.522. The van der Waals surface area contributed by atoms with Gasteiger partial charge in [-0.25, -0.2) is 4.39 Å². The molecular formula is C12H18FNO2S. The molecule has 0 aliphatic carbocycles. The smallest absolute Gasteiger partial charge is 0.139 e. The van der Waals surface area contributed by atoms with Crippen LogP contribution in [0.2, 0.25) is 0 Å². The first-order chi connectivity index (χ1) is 8.19. The van der Waals surface area contributed by atoms with Crippen molar-refractivity contribution in [3.63, 3.8) is 0 Å². The molecule has 0 spiro atoms. The van der Waals surface area contributed by atoms with Crippen LogP contribution < -0.4 is 5.32 Å². The van der Waals surface area contributed by atoms with E-state index in [1.165, 1.54) is 12.1 Å². The van der Waals surface area contributed by atoms with Gasteiger partial charge in [0.1, 0.15) is 5.82 Å². The Hall–Kier alpha value is -0.780. The molecule has 1 rings (SSSR count). The van der Waals surface area contributed by atoms with Crippen LogP contribution in [0.25, 0.3) is 0 Å². The third kappa shape index (κ3) is 4.53. The SMILES string of the molecule is CCNC(CCO)CS(=O)c1ccccc1F. The highest BCUT2D eigenvalue weighted by Gasteiger charge is 2.15. The normalized spacial score (nSPS) is 14.5. The largest absolute Gasteiger partial charge is 0.396 e. The van der Waals surface area contributed by atoms with Crippen molar-refractivity contribution in [3.8, 4) is 0 Å². The fourth-order valence-electron chi connectivity index (χ4n) is 1.59. The van der Waals surface area contributed by atoms with Crippen molar-refractivity contribution in [3.05, 3.63) is 30.1 Å². The van der Waals surface area contributed by atoms with Gasteiger partial charge in [0.2, 0.25) is 0 Å². The summed E-state index contributed by atoms with van der Waals surface area (Å²) in [5.41, 5.74) is 0. The first kappa shape index (κ1) is 14.3. The minimum atomic E-state index is -1.38. The molecule has 0 saturated heterocycles. The van der Waals surface area contributed by atoms with Crippen molar-refractivity contribution < 1.29 is 13.7 Å². The lowest BCUT2D eigenvalue weighted by Gasteiger charge is -2.16. The number of rotatable bonds is 7. The van der Waals surface area contributed by atoms with E-state index < -0.39 is 16.6 Å². The molecule has 0 aromatic heterocycles. The van der Waals surface area contributed by atoms with Crippen LogP contribution >= 0.6 is 0 Å². The van der Waals surface area contributed by atoms with Gasteiger partial charge >= 0.3 is 0 Å². The molecule has 0 bridgehead atoms. The van der Waals surface area contributed by atoms with Gasteiger partial charge in [-0.1, -0.05) is 19.1 Å². The fourth-order valence-corrected chi connectivity index (χ4v) is 2.94. The molecule has 0 aliphatic rings. The maximum atomic E-state index is 13.4. The van der Waals surface area contributed by atoms with Crippen LogP contribution in [0.5, 0.6) is 0 Å². The lowest BCUT2D eigenvalue weighted by atomic mass is 10.2. The summed E-state index contributed by atoms with van der Waals surface area (Å²) in [6.45, 7) is 2.71. The molecule has 96 valence electrons. The standard InChI is InChI=1S/C12H18FNO2S/c1-2-14-10(7-8-15)9-17(16)12-6-4-3-5-11(12)13/h3-6,10,14-15H,2,7-9H2,1H3. The van der Waals surface area contributed by atoms with E-state index in [-0.39, 0.29) is 17.5 Å². The van der Waals surface area contributed by atoms with Gasteiger partial charge < -0.3 is 10.4 Å². The molecule has 0 fully saturated rings. The Bertz CT molecular complexity index is 367. The number of nitrogens with one attached hydrogen (secondary N) is 1. The van der Waals surface area contributed by atoms with E-state index in [9.17, 15) is 8.60 Å². The summed E-state index contributed by atoms with van der Waals surface area (Å²) >= 11 is 0. The lowest BCUT2D eigenvalue weighted by molar-refractivity contribution is 0.270. The quantitative estimate of drug-likeness (QED) is 0.776. The maximum Gasteiger partial charge on any atom is 0.139 e. The number of hydrogen-bond acceptors (Lipinski definition) is 3. The number of hydrogen-bond donors (Lipinski definition) is 2. The topological polar surface area (TPSA) is 49.3 Å². The molecule has 0 amide bonds. The van der Waals surface area contributed by atoms with E-state index in [1.54, 1.807) is 12.1 Å². The molecule has 0 saturated carbocycles. The zero-order valence-electron chi connectivity index (χ0n) is 9.86. The first-order valence-electron chi connectivity index (χ1n) is 5.66. The van der Waals surface area contributed by atoms with Crippen LogP contribution in [-0.4, -0.2) is 34.3 Å². The molecule has 0 aliphatic heterocycles. The van der Waals surface area contributed by atoms with E-state index in [2.05, 4.69) is 5.32 Å². The molecule has 2 atom stereocenters. The molecule has 2 unspecified atom stereocenters. The number of aliphatic hydroxyl groups excluding tert-OH is 1. The highest BCUT2D eigenvalue weighted by molar-refractivity contribution is 7.85. The Morgan fingerprint density at radius 3 is 2.76 bits per heavy atom. The number of aliphatic hydroxyl groups is 1. The summed E-state index contributed by atoms with van der Waals surface area (Å²) in [5, 5.41) is 12.0. The summed E-state index contributed by atoms with van der Waals surface area (Å²) in [6, 6.07) is 6.04. The van der Waals surface area contributed by atoms with Crippen molar-refractivity contribution in [2.45, 2.75) is 24.3 Å². The molecule has 1 aromatic carbocycles. The van der Waals surface area contributed by atoms with Crippen molar-refractivity contribution in [1.82, 2.24) is 5.32 Å². The predicted molar refractivity (Wildman–Crippen MR) is 66.8 cm³/mol. The van der Waals surface area contributed by atoms with Crippen LogP contribution in [0.4, 0.5) is 4.39 Å². The molecule has 0 radical (unpaired) electrons. The van der Waals surface area contributed by atoms with E-state index in [4.69, 9.17) is 5.11 Å². The predicted octanol–water partition coefficient (Wildman–Crippen LogP) is 1.29. The lowest BCUT2D eigenvalue weighted by Crippen LogP contribution is -2.34. The molecule has 1 aromatic rings. The second-order valence-electron chi connectivity index (χ2n) is 3.71. The number of halogens is 1. The zero-order chi connectivity index (χ0) is 12.7. The number of benzene rings is 1. The Balaban J connectivity index is 2.67. The van der Waals surface area contributed by atoms with Gasteiger partial charge in [-0.05, 0) is 25.1 Å². The molecule has 0 heterocycles. The Kier molecular flexibility index (Phi) is 6.32. The molecular weight excluding hydrogens is 241 g/mol. The average molecular weight is 259 g/mol. The fraction of sp³-hybridized carbons (Fsp3) is 0.500. The highest BCUT2D eigenvalue weighted by Crippen LogP contribution is 2.13. The van der Waals surface area contributed by atoms with Crippen LogP contribution in [-0.2, 0) is 10.8 Å². The van der Waals surface area contributed by atoms with Gasteiger partial charge in [0.15, 0.2) is 0 Å². The van der Waals surface area contributed by atoms with Gasteiger partial charge in [-0.2, -0.15) is 0 Å². The van der Waals surface area contributed by atoms with Crippen LogP contribution in [0, 0.1) is 5.82 Å². The minimum Gasteiger partial charge on any atom is -0.396 e. The van der Waals surface area contributed by atoms with E-state index >= 15 is 0 Å².